The van der Waals surface area contributed by atoms with E-state index in [0.717, 1.165) is 23.6 Å². The molecule has 3 aromatic carbocycles. The molecule has 150 valence electrons. The van der Waals surface area contributed by atoms with Gasteiger partial charge in [-0.05, 0) is 41.5 Å². The van der Waals surface area contributed by atoms with Crippen molar-refractivity contribution in [1.82, 2.24) is 10.9 Å². The Morgan fingerprint density at radius 3 is 2.45 bits per heavy atom. The predicted molar refractivity (Wildman–Crippen MR) is 112 cm³/mol. The van der Waals surface area contributed by atoms with Crippen molar-refractivity contribution in [2.24, 2.45) is 0 Å². The van der Waals surface area contributed by atoms with Crippen molar-refractivity contribution in [3.8, 4) is 11.5 Å². The molecule has 2 N–H and O–H groups in total. The fourth-order valence-corrected chi connectivity index (χ4v) is 2.74. The van der Waals surface area contributed by atoms with Crippen molar-refractivity contribution in [3.05, 3.63) is 72.3 Å². The highest BCUT2D eigenvalue weighted by Gasteiger charge is 2.13. The number of ether oxygens (including phenoxy) is 2. The molecule has 3 rings (SSSR count). The lowest BCUT2D eigenvalue weighted by Crippen LogP contribution is -2.43. The monoisotopic (exact) mass is 392 g/mol. The van der Waals surface area contributed by atoms with Gasteiger partial charge in [-0.25, -0.2) is 0 Å². The average Bonchev–Trinajstić information content (AvgIpc) is 2.76. The van der Waals surface area contributed by atoms with Gasteiger partial charge in [-0.15, -0.1) is 0 Å². The van der Waals surface area contributed by atoms with E-state index in [1.54, 1.807) is 30.3 Å². The van der Waals surface area contributed by atoms with Gasteiger partial charge in [-0.3, -0.25) is 20.4 Å². The smallest absolute Gasteiger partial charge is 0.276 e. The van der Waals surface area contributed by atoms with E-state index < -0.39 is 11.8 Å². The molecule has 0 heterocycles. The maximum Gasteiger partial charge on any atom is 0.276 e. The molecule has 0 saturated heterocycles. The van der Waals surface area contributed by atoms with Crippen LogP contribution in [-0.4, -0.2) is 25.0 Å². The van der Waals surface area contributed by atoms with E-state index in [1.807, 2.05) is 36.4 Å². The largest absolute Gasteiger partial charge is 0.493 e. The van der Waals surface area contributed by atoms with Gasteiger partial charge in [0.1, 0.15) is 11.5 Å². The minimum atomic E-state index is -0.462. The Hall–Kier alpha value is -3.54. The van der Waals surface area contributed by atoms with Crippen LogP contribution in [0.1, 0.15) is 30.1 Å². The van der Waals surface area contributed by atoms with E-state index in [-0.39, 0.29) is 6.61 Å². The number of nitrogens with one attached hydrogen (secondary N) is 2. The van der Waals surface area contributed by atoms with E-state index in [0.29, 0.717) is 23.7 Å². The summed E-state index contributed by atoms with van der Waals surface area (Å²) < 4.78 is 11.2. The van der Waals surface area contributed by atoms with Gasteiger partial charge in [0.2, 0.25) is 0 Å². The Balaban J connectivity index is 1.50. The van der Waals surface area contributed by atoms with Crippen LogP contribution in [0.2, 0.25) is 0 Å². The highest BCUT2D eigenvalue weighted by molar-refractivity contribution is 5.97. The maximum atomic E-state index is 12.4. The normalized spacial score (nSPS) is 10.4. The van der Waals surface area contributed by atoms with Gasteiger partial charge in [0.15, 0.2) is 6.61 Å². The van der Waals surface area contributed by atoms with Crippen LogP contribution in [0.15, 0.2) is 66.7 Å². The van der Waals surface area contributed by atoms with Crippen LogP contribution >= 0.6 is 0 Å². The van der Waals surface area contributed by atoms with Crippen LogP contribution in [0.25, 0.3) is 10.8 Å². The minimum Gasteiger partial charge on any atom is -0.493 e. The number of hydrazine groups is 1. The first-order valence-electron chi connectivity index (χ1n) is 9.60. The predicted octanol–water partition coefficient (Wildman–Crippen LogP) is 3.86. The van der Waals surface area contributed by atoms with Crippen molar-refractivity contribution in [1.29, 1.82) is 0 Å². The zero-order chi connectivity index (χ0) is 20.5. The Bertz CT molecular complexity index is 987. The van der Waals surface area contributed by atoms with Crippen LogP contribution in [0.4, 0.5) is 0 Å². The Morgan fingerprint density at radius 1 is 0.862 bits per heavy atom. The molecular formula is C23H24N2O4. The molecule has 0 bridgehead atoms. The fourth-order valence-electron chi connectivity index (χ4n) is 2.74. The van der Waals surface area contributed by atoms with Gasteiger partial charge in [-0.2, -0.15) is 0 Å². The van der Waals surface area contributed by atoms with E-state index in [4.69, 9.17) is 9.47 Å². The van der Waals surface area contributed by atoms with Crippen molar-refractivity contribution in [3.63, 3.8) is 0 Å². The standard InChI is InChI=1S/C23H24N2O4/c1-2-3-14-28-21-11-7-6-10-20(21)23(27)25-24-22(26)16-29-19-13-12-17-8-4-5-9-18(17)15-19/h4-13,15H,2-3,14,16H2,1H3,(H,24,26)(H,25,27). The first-order chi connectivity index (χ1) is 14.2. The summed E-state index contributed by atoms with van der Waals surface area (Å²) in [7, 11) is 0. The van der Waals surface area contributed by atoms with Crippen molar-refractivity contribution < 1.29 is 19.1 Å². The lowest BCUT2D eigenvalue weighted by atomic mass is 10.1. The molecule has 2 amide bonds. The Labute approximate surface area is 169 Å². The van der Waals surface area contributed by atoms with Crippen LogP contribution in [0.3, 0.4) is 0 Å². The molecule has 0 spiro atoms. The van der Waals surface area contributed by atoms with Crippen molar-refractivity contribution >= 4 is 22.6 Å². The number of carbonyl (C=O) groups excluding carboxylic acids is 2. The number of unbranched alkanes of at least 4 members (excludes halogenated alkanes) is 1. The van der Waals surface area contributed by atoms with E-state index in [9.17, 15) is 9.59 Å². The molecule has 0 atom stereocenters. The number of carbonyl (C=O) groups is 2. The van der Waals surface area contributed by atoms with Gasteiger partial charge in [-0.1, -0.05) is 55.8 Å². The molecule has 0 radical (unpaired) electrons. The van der Waals surface area contributed by atoms with Gasteiger partial charge < -0.3 is 9.47 Å². The summed E-state index contributed by atoms with van der Waals surface area (Å²) in [5.74, 6) is 0.159. The zero-order valence-electron chi connectivity index (χ0n) is 16.3. The number of benzene rings is 3. The van der Waals surface area contributed by atoms with Crippen LogP contribution < -0.4 is 20.3 Å². The second-order valence-electron chi connectivity index (χ2n) is 6.50. The van der Waals surface area contributed by atoms with E-state index >= 15 is 0 Å². The first kappa shape index (κ1) is 20.2. The SMILES string of the molecule is CCCCOc1ccccc1C(=O)NNC(=O)COc1ccc2ccccc2c1. The van der Waals surface area contributed by atoms with Gasteiger partial charge in [0.25, 0.3) is 11.8 Å². The lowest BCUT2D eigenvalue weighted by Gasteiger charge is -2.12. The Morgan fingerprint density at radius 2 is 1.62 bits per heavy atom. The van der Waals surface area contributed by atoms with Crippen LogP contribution in [0.5, 0.6) is 11.5 Å². The summed E-state index contributed by atoms with van der Waals surface area (Å²) in [6, 6.07) is 20.4. The summed E-state index contributed by atoms with van der Waals surface area (Å²) in [6.07, 6.45) is 1.90. The summed E-state index contributed by atoms with van der Waals surface area (Å²) in [5, 5.41) is 2.12. The summed E-state index contributed by atoms with van der Waals surface area (Å²) >= 11 is 0. The average molecular weight is 392 g/mol. The second kappa shape index (κ2) is 10.1. The molecule has 29 heavy (non-hydrogen) atoms. The molecule has 0 aromatic heterocycles. The number of rotatable bonds is 8. The zero-order valence-corrected chi connectivity index (χ0v) is 16.3. The van der Waals surface area contributed by atoms with Crippen LogP contribution in [-0.2, 0) is 4.79 Å². The molecule has 6 nitrogen and oxygen atoms in total. The summed E-state index contributed by atoms with van der Waals surface area (Å²) in [4.78, 5) is 24.4. The highest BCUT2D eigenvalue weighted by atomic mass is 16.5. The Kier molecular flexibility index (Phi) is 7.05. The quantitative estimate of drug-likeness (QED) is 0.451. The molecule has 0 unspecified atom stereocenters. The maximum absolute atomic E-state index is 12.4. The first-order valence-corrected chi connectivity index (χ1v) is 9.60. The van der Waals surface area contributed by atoms with Gasteiger partial charge in [0, 0.05) is 0 Å². The third kappa shape index (κ3) is 5.72. The number of para-hydroxylation sites is 1. The molecular weight excluding hydrogens is 368 g/mol. The number of amides is 2. The van der Waals surface area contributed by atoms with Crippen molar-refractivity contribution in [2.75, 3.05) is 13.2 Å². The minimum absolute atomic E-state index is 0.215. The molecule has 6 heteroatoms. The van der Waals surface area contributed by atoms with E-state index in [2.05, 4.69) is 17.8 Å². The summed E-state index contributed by atoms with van der Waals surface area (Å²) in [5.41, 5.74) is 5.12. The van der Waals surface area contributed by atoms with Crippen LogP contribution in [0, 0.1) is 0 Å². The van der Waals surface area contributed by atoms with Gasteiger partial charge >= 0.3 is 0 Å². The topological polar surface area (TPSA) is 76.7 Å². The molecule has 0 aliphatic carbocycles. The van der Waals surface area contributed by atoms with Gasteiger partial charge in [0.05, 0.1) is 12.2 Å². The number of hydrogen-bond acceptors (Lipinski definition) is 4. The molecule has 0 aliphatic heterocycles. The third-order valence-electron chi connectivity index (χ3n) is 4.29. The third-order valence-corrected chi connectivity index (χ3v) is 4.29. The lowest BCUT2D eigenvalue weighted by molar-refractivity contribution is -0.123. The highest BCUT2D eigenvalue weighted by Crippen LogP contribution is 2.20. The fraction of sp³-hybridized carbons (Fsp3) is 0.217. The molecule has 0 aliphatic rings. The number of fused-ring (bicyclic) bond motifs is 1. The summed E-state index contributed by atoms with van der Waals surface area (Å²) in [6.45, 7) is 2.39. The van der Waals surface area contributed by atoms with E-state index in [1.165, 1.54) is 0 Å². The molecule has 0 fully saturated rings. The van der Waals surface area contributed by atoms with Crippen molar-refractivity contribution in [2.45, 2.75) is 19.8 Å². The molecule has 0 saturated carbocycles. The molecule has 3 aromatic rings. The second-order valence-corrected chi connectivity index (χ2v) is 6.50. The number of hydrogen-bond donors (Lipinski definition) is 2.